The molecule has 1 aliphatic heterocycles. The fourth-order valence-corrected chi connectivity index (χ4v) is 4.87. The number of rotatable bonds is 7. The van der Waals surface area contributed by atoms with Crippen molar-refractivity contribution < 1.29 is 22.8 Å². The summed E-state index contributed by atoms with van der Waals surface area (Å²) in [5.74, 6) is 1.88. The molecule has 29 heavy (non-hydrogen) atoms. The van der Waals surface area contributed by atoms with Crippen molar-refractivity contribution in [3.8, 4) is 12.3 Å². The highest BCUT2D eigenvalue weighted by molar-refractivity contribution is 7.92. The SMILES string of the molecule is C#Cc1ccc2nc(CCC(C)(C(=O)NOC3CCCCO3)S(C)(=O)=O)sc2c1. The van der Waals surface area contributed by atoms with Gasteiger partial charge in [0.2, 0.25) is 0 Å². The lowest BCUT2D eigenvalue weighted by molar-refractivity contribution is -0.201. The molecule has 7 nitrogen and oxygen atoms in total. The smallest absolute Gasteiger partial charge is 0.264 e. The van der Waals surface area contributed by atoms with E-state index < -0.39 is 26.8 Å². The molecule has 2 unspecified atom stereocenters. The highest BCUT2D eigenvalue weighted by atomic mass is 32.2. The van der Waals surface area contributed by atoms with Crippen molar-refractivity contribution in [2.45, 2.75) is 50.1 Å². The van der Waals surface area contributed by atoms with E-state index in [4.69, 9.17) is 16.0 Å². The van der Waals surface area contributed by atoms with Crippen LogP contribution in [-0.2, 0) is 30.6 Å². The summed E-state index contributed by atoms with van der Waals surface area (Å²) in [6, 6.07) is 5.52. The molecule has 0 saturated carbocycles. The van der Waals surface area contributed by atoms with E-state index in [1.165, 1.54) is 18.3 Å². The standard InChI is InChI=1S/C20H24N2O5S2/c1-4-14-8-9-15-16(13-14)28-17(21-15)10-11-20(2,29(3,24)25)19(23)22-27-18-7-5-6-12-26-18/h1,8-9,13,18H,5-7,10-12H2,2-3H3,(H,22,23). The van der Waals surface area contributed by atoms with Gasteiger partial charge in [-0.25, -0.2) is 23.7 Å². The number of fused-ring (bicyclic) bond motifs is 1. The third-order valence-corrected chi connectivity index (χ3v) is 8.24. The average Bonchev–Trinajstić information content (AvgIpc) is 3.12. The van der Waals surface area contributed by atoms with E-state index in [0.717, 1.165) is 39.9 Å². The van der Waals surface area contributed by atoms with E-state index in [1.807, 2.05) is 18.2 Å². The Morgan fingerprint density at radius 1 is 1.48 bits per heavy atom. The Morgan fingerprint density at radius 2 is 2.28 bits per heavy atom. The summed E-state index contributed by atoms with van der Waals surface area (Å²) in [5, 5.41) is 0.744. The summed E-state index contributed by atoms with van der Waals surface area (Å²) in [7, 11) is -3.71. The van der Waals surface area contributed by atoms with E-state index >= 15 is 0 Å². The minimum atomic E-state index is -3.71. The number of sulfone groups is 1. The average molecular weight is 437 g/mol. The zero-order valence-electron chi connectivity index (χ0n) is 16.4. The number of hydrogen-bond acceptors (Lipinski definition) is 7. The van der Waals surface area contributed by atoms with Gasteiger partial charge in [0.05, 0.1) is 15.2 Å². The molecular formula is C20H24N2O5S2. The normalized spacial score (nSPS) is 19.4. The number of nitrogens with one attached hydrogen (secondary N) is 1. The van der Waals surface area contributed by atoms with Crippen LogP contribution in [-0.4, -0.2) is 43.2 Å². The minimum absolute atomic E-state index is 0.0777. The highest BCUT2D eigenvalue weighted by Crippen LogP contribution is 2.28. The van der Waals surface area contributed by atoms with E-state index in [0.29, 0.717) is 19.4 Å². The van der Waals surface area contributed by atoms with Gasteiger partial charge in [-0.05, 0) is 44.4 Å². The second kappa shape index (κ2) is 8.79. The van der Waals surface area contributed by atoms with Crippen LogP contribution < -0.4 is 5.48 Å². The molecule has 1 fully saturated rings. The summed E-state index contributed by atoms with van der Waals surface area (Å²) in [6.07, 6.45) is 8.88. The Labute approximate surface area is 174 Å². The van der Waals surface area contributed by atoms with Crippen LogP contribution in [0.3, 0.4) is 0 Å². The van der Waals surface area contributed by atoms with Crippen LogP contribution in [0.1, 0.15) is 43.2 Å². The number of carbonyl (C=O) groups excluding carboxylic acids is 1. The van der Waals surface area contributed by atoms with Crippen LogP contribution in [0.15, 0.2) is 18.2 Å². The molecule has 0 aliphatic carbocycles. The van der Waals surface area contributed by atoms with E-state index in [2.05, 4.69) is 16.4 Å². The fraction of sp³-hybridized carbons (Fsp3) is 0.500. The molecule has 2 aromatic rings. The van der Waals surface area contributed by atoms with Crippen LogP contribution in [0, 0.1) is 12.3 Å². The third kappa shape index (κ3) is 4.95. The first-order chi connectivity index (χ1) is 13.7. The number of aryl methyl sites for hydroxylation is 1. The largest absolute Gasteiger partial charge is 0.350 e. The van der Waals surface area contributed by atoms with Gasteiger partial charge in [-0.15, -0.1) is 17.8 Å². The van der Waals surface area contributed by atoms with Gasteiger partial charge in [-0.3, -0.25) is 4.79 Å². The molecule has 0 radical (unpaired) electrons. The van der Waals surface area contributed by atoms with Gasteiger partial charge in [0.15, 0.2) is 16.1 Å². The van der Waals surface area contributed by atoms with Crippen molar-refractivity contribution in [1.29, 1.82) is 0 Å². The molecule has 1 amide bonds. The van der Waals surface area contributed by atoms with Gasteiger partial charge in [0.25, 0.3) is 5.91 Å². The van der Waals surface area contributed by atoms with Gasteiger partial charge in [-0.2, -0.15) is 0 Å². The second-order valence-electron chi connectivity index (χ2n) is 7.28. The summed E-state index contributed by atoms with van der Waals surface area (Å²) in [5.41, 5.74) is 3.85. The first-order valence-electron chi connectivity index (χ1n) is 9.36. The van der Waals surface area contributed by atoms with E-state index in [1.54, 1.807) is 0 Å². The molecule has 0 spiro atoms. The topological polar surface area (TPSA) is 94.6 Å². The van der Waals surface area contributed by atoms with Crippen molar-refractivity contribution in [2.24, 2.45) is 0 Å². The molecule has 2 heterocycles. The number of amides is 1. The van der Waals surface area contributed by atoms with Crippen molar-refractivity contribution in [1.82, 2.24) is 10.5 Å². The van der Waals surface area contributed by atoms with Crippen molar-refractivity contribution in [2.75, 3.05) is 12.9 Å². The molecule has 1 aromatic heterocycles. The van der Waals surface area contributed by atoms with Crippen LogP contribution in [0.4, 0.5) is 0 Å². The maximum Gasteiger partial charge on any atom is 0.264 e. The molecule has 2 atom stereocenters. The molecule has 1 saturated heterocycles. The Kier molecular flexibility index (Phi) is 6.58. The number of hydroxylamine groups is 1. The molecule has 1 aliphatic rings. The summed E-state index contributed by atoms with van der Waals surface area (Å²) >= 11 is 1.44. The number of benzene rings is 1. The molecule has 1 aromatic carbocycles. The maximum absolute atomic E-state index is 12.7. The highest BCUT2D eigenvalue weighted by Gasteiger charge is 2.44. The van der Waals surface area contributed by atoms with Gasteiger partial charge in [0.1, 0.15) is 4.75 Å². The summed E-state index contributed by atoms with van der Waals surface area (Å²) < 4.78 is 29.6. The first-order valence-corrected chi connectivity index (χ1v) is 12.1. The lowest BCUT2D eigenvalue weighted by atomic mass is 10.0. The van der Waals surface area contributed by atoms with Gasteiger partial charge in [0, 0.05) is 31.3 Å². The number of carbonyl (C=O) groups is 1. The Morgan fingerprint density at radius 3 is 2.93 bits per heavy atom. The predicted octanol–water partition coefficient (Wildman–Crippen LogP) is 2.59. The number of nitrogens with zero attached hydrogens (tertiary/aromatic N) is 1. The lowest BCUT2D eigenvalue weighted by Crippen LogP contribution is -2.51. The predicted molar refractivity (Wildman–Crippen MR) is 112 cm³/mol. The first kappa shape index (κ1) is 21.7. The van der Waals surface area contributed by atoms with Crippen molar-refractivity contribution in [3.05, 3.63) is 28.8 Å². The summed E-state index contributed by atoms with van der Waals surface area (Å²) in [6.45, 7) is 1.97. The fourth-order valence-electron chi connectivity index (χ4n) is 3.01. The van der Waals surface area contributed by atoms with Crippen molar-refractivity contribution >= 4 is 37.3 Å². The van der Waals surface area contributed by atoms with Crippen LogP contribution >= 0.6 is 11.3 Å². The number of hydrogen-bond donors (Lipinski definition) is 1. The monoisotopic (exact) mass is 436 g/mol. The van der Waals surface area contributed by atoms with Gasteiger partial charge < -0.3 is 4.74 Å². The lowest BCUT2D eigenvalue weighted by Gasteiger charge is -2.28. The second-order valence-corrected chi connectivity index (χ2v) is 10.8. The molecule has 3 rings (SSSR count). The number of aromatic nitrogens is 1. The Hall–Kier alpha value is -1.99. The summed E-state index contributed by atoms with van der Waals surface area (Å²) in [4.78, 5) is 22.5. The minimum Gasteiger partial charge on any atom is -0.350 e. The molecule has 156 valence electrons. The van der Waals surface area contributed by atoms with E-state index in [9.17, 15) is 13.2 Å². The van der Waals surface area contributed by atoms with Crippen LogP contribution in [0.5, 0.6) is 0 Å². The van der Waals surface area contributed by atoms with Crippen molar-refractivity contribution in [3.63, 3.8) is 0 Å². The van der Waals surface area contributed by atoms with Gasteiger partial charge in [-0.1, -0.05) is 5.92 Å². The van der Waals surface area contributed by atoms with Crippen LogP contribution in [0.25, 0.3) is 10.2 Å². The zero-order chi connectivity index (χ0) is 21.1. The Balaban J connectivity index is 1.71. The molecular weight excluding hydrogens is 412 g/mol. The number of terminal acetylenes is 1. The maximum atomic E-state index is 12.7. The van der Waals surface area contributed by atoms with Crippen LogP contribution in [0.2, 0.25) is 0 Å². The Bertz CT molecular complexity index is 1030. The molecule has 1 N–H and O–H groups in total. The molecule has 9 heteroatoms. The number of thiazole rings is 1. The van der Waals surface area contributed by atoms with E-state index in [-0.39, 0.29) is 6.42 Å². The quantitative estimate of drug-likeness (QED) is 0.530. The molecule has 0 bridgehead atoms. The third-order valence-electron chi connectivity index (χ3n) is 5.13. The van der Waals surface area contributed by atoms with Gasteiger partial charge >= 0.3 is 0 Å². The number of ether oxygens (including phenoxy) is 1. The zero-order valence-corrected chi connectivity index (χ0v) is 18.1.